The molecule has 0 atom stereocenters. The van der Waals surface area contributed by atoms with Crippen LogP contribution < -0.4 is 10.6 Å². The summed E-state index contributed by atoms with van der Waals surface area (Å²) in [5, 5.41) is 4.25. The minimum Gasteiger partial charge on any atom is -0.393 e. The van der Waals surface area contributed by atoms with Gasteiger partial charge >= 0.3 is 0 Å². The molecule has 0 aliphatic heterocycles. The molecular weight excluding hydrogens is 282 g/mol. The van der Waals surface area contributed by atoms with Crippen molar-refractivity contribution in [2.75, 3.05) is 11.4 Å². The van der Waals surface area contributed by atoms with Gasteiger partial charge in [-0.05, 0) is 18.2 Å². The molecule has 0 radical (unpaired) electrons. The summed E-state index contributed by atoms with van der Waals surface area (Å²) in [6, 6.07) is 12.0. The van der Waals surface area contributed by atoms with Crippen molar-refractivity contribution in [1.82, 2.24) is 14.6 Å². The van der Waals surface area contributed by atoms with Gasteiger partial charge in [0.05, 0.1) is 11.2 Å². The first-order valence-electron chi connectivity index (χ1n) is 6.65. The maximum Gasteiger partial charge on any atom is 0.159 e. The number of aromatic nitrogens is 3. The number of thiocarbonyl (C=S) groups is 1. The van der Waals surface area contributed by atoms with E-state index in [0.717, 1.165) is 17.0 Å². The Bertz CT molecular complexity index is 753. The van der Waals surface area contributed by atoms with E-state index in [1.54, 1.807) is 16.9 Å². The quantitative estimate of drug-likeness (QED) is 0.733. The molecule has 0 spiro atoms. The van der Waals surface area contributed by atoms with Crippen LogP contribution in [0.2, 0.25) is 0 Å². The van der Waals surface area contributed by atoms with Gasteiger partial charge in [-0.1, -0.05) is 30.4 Å². The van der Waals surface area contributed by atoms with Crippen molar-refractivity contribution in [1.29, 1.82) is 0 Å². The van der Waals surface area contributed by atoms with Crippen LogP contribution in [0.15, 0.2) is 55.0 Å². The minimum atomic E-state index is 0.497. The van der Waals surface area contributed by atoms with E-state index in [0.29, 0.717) is 18.0 Å². The standard InChI is InChI=1S/C15H15N5S/c16-14(21)7-10-19(12-4-2-1-3-5-12)15-13-6-8-18-20(13)11-9-17-15/h1-6,8-9,11H,7,10H2,(H2,16,21). The van der Waals surface area contributed by atoms with Crippen LogP contribution in [0.4, 0.5) is 11.5 Å². The van der Waals surface area contributed by atoms with Crippen LogP contribution in [0, 0.1) is 0 Å². The van der Waals surface area contributed by atoms with Crippen molar-refractivity contribution in [3.05, 3.63) is 55.0 Å². The second-order valence-corrected chi connectivity index (χ2v) is 5.14. The average Bonchev–Trinajstić information content (AvgIpc) is 2.97. The van der Waals surface area contributed by atoms with Gasteiger partial charge in [-0.15, -0.1) is 0 Å². The summed E-state index contributed by atoms with van der Waals surface area (Å²) in [5.74, 6) is 0.845. The minimum absolute atomic E-state index is 0.497. The molecule has 2 N–H and O–H groups in total. The Balaban J connectivity index is 2.06. The van der Waals surface area contributed by atoms with Crippen LogP contribution in [0.3, 0.4) is 0 Å². The zero-order chi connectivity index (χ0) is 14.7. The van der Waals surface area contributed by atoms with Gasteiger partial charge < -0.3 is 10.6 Å². The fourth-order valence-corrected chi connectivity index (χ4v) is 2.33. The lowest BCUT2D eigenvalue weighted by Crippen LogP contribution is -2.24. The Morgan fingerprint density at radius 3 is 2.76 bits per heavy atom. The van der Waals surface area contributed by atoms with Gasteiger partial charge in [0.2, 0.25) is 0 Å². The molecule has 1 aromatic carbocycles. The van der Waals surface area contributed by atoms with E-state index in [1.807, 2.05) is 42.6 Å². The molecule has 0 aliphatic carbocycles. The molecule has 0 unspecified atom stereocenters. The SMILES string of the molecule is NC(=S)CCN(c1ccccc1)c1nccn2nccc12. The number of anilines is 2. The van der Waals surface area contributed by atoms with E-state index in [1.165, 1.54) is 0 Å². The van der Waals surface area contributed by atoms with Crippen molar-refractivity contribution < 1.29 is 0 Å². The fourth-order valence-electron chi connectivity index (χ4n) is 2.24. The van der Waals surface area contributed by atoms with E-state index in [4.69, 9.17) is 18.0 Å². The van der Waals surface area contributed by atoms with Crippen LogP contribution in [0.5, 0.6) is 0 Å². The summed E-state index contributed by atoms with van der Waals surface area (Å²) in [6.07, 6.45) is 5.96. The van der Waals surface area contributed by atoms with Crippen molar-refractivity contribution in [2.24, 2.45) is 5.73 Å². The highest BCUT2D eigenvalue weighted by Crippen LogP contribution is 2.27. The lowest BCUT2D eigenvalue weighted by molar-refractivity contribution is 0.907. The molecule has 0 bridgehead atoms. The van der Waals surface area contributed by atoms with Gasteiger partial charge in [-0.25, -0.2) is 9.50 Å². The highest BCUT2D eigenvalue weighted by molar-refractivity contribution is 7.80. The zero-order valence-corrected chi connectivity index (χ0v) is 12.2. The monoisotopic (exact) mass is 297 g/mol. The van der Waals surface area contributed by atoms with E-state index in [9.17, 15) is 0 Å². The van der Waals surface area contributed by atoms with Crippen molar-refractivity contribution in [3.8, 4) is 0 Å². The Morgan fingerprint density at radius 1 is 1.19 bits per heavy atom. The van der Waals surface area contributed by atoms with Gasteiger partial charge in [0.15, 0.2) is 5.82 Å². The van der Waals surface area contributed by atoms with E-state index in [-0.39, 0.29) is 0 Å². The molecule has 0 saturated carbocycles. The maximum atomic E-state index is 5.66. The number of para-hydroxylation sites is 1. The van der Waals surface area contributed by atoms with E-state index >= 15 is 0 Å². The van der Waals surface area contributed by atoms with Gasteiger partial charge in [-0.3, -0.25) is 0 Å². The fraction of sp³-hybridized carbons (Fsp3) is 0.133. The molecule has 5 nitrogen and oxygen atoms in total. The van der Waals surface area contributed by atoms with Crippen LogP contribution in [-0.2, 0) is 0 Å². The second kappa shape index (κ2) is 5.88. The van der Waals surface area contributed by atoms with Gasteiger partial charge in [-0.2, -0.15) is 5.10 Å². The van der Waals surface area contributed by atoms with Crippen LogP contribution >= 0.6 is 12.2 Å². The molecule has 2 aromatic heterocycles. The molecule has 21 heavy (non-hydrogen) atoms. The van der Waals surface area contributed by atoms with E-state index in [2.05, 4.69) is 15.0 Å². The summed E-state index contributed by atoms with van der Waals surface area (Å²) in [4.78, 5) is 7.12. The van der Waals surface area contributed by atoms with E-state index < -0.39 is 0 Å². The molecule has 3 rings (SSSR count). The number of benzene rings is 1. The zero-order valence-electron chi connectivity index (χ0n) is 11.4. The predicted octanol–water partition coefficient (Wildman–Crippen LogP) is 2.54. The van der Waals surface area contributed by atoms with Crippen LogP contribution in [0.1, 0.15) is 6.42 Å². The van der Waals surface area contributed by atoms with Crippen molar-refractivity contribution >= 4 is 34.2 Å². The molecule has 2 heterocycles. The van der Waals surface area contributed by atoms with Gasteiger partial charge in [0.25, 0.3) is 0 Å². The van der Waals surface area contributed by atoms with Crippen molar-refractivity contribution in [3.63, 3.8) is 0 Å². The predicted molar refractivity (Wildman–Crippen MR) is 87.8 cm³/mol. The average molecular weight is 297 g/mol. The Hall–Kier alpha value is -2.47. The number of hydrogen-bond donors (Lipinski definition) is 1. The molecule has 0 saturated heterocycles. The third-order valence-corrected chi connectivity index (χ3v) is 3.41. The van der Waals surface area contributed by atoms with Crippen LogP contribution in [-0.4, -0.2) is 26.1 Å². The second-order valence-electron chi connectivity index (χ2n) is 4.62. The third-order valence-electron chi connectivity index (χ3n) is 3.21. The molecular formula is C15H15N5S. The first-order chi connectivity index (χ1) is 10.3. The molecule has 0 fully saturated rings. The molecule has 3 aromatic rings. The van der Waals surface area contributed by atoms with Gasteiger partial charge in [0.1, 0.15) is 5.52 Å². The summed E-state index contributed by atoms with van der Waals surface area (Å²) in [6.45, 7) is 0.678. The van der Waals surface area contributed by atoms with Gasteiger partial charge in [0, 0.05) is 31.0 Å². The number of rotatable bonds is 5. The molecule has 0 amide bonds. The topological polar surface area (TPSA) is 59.5 Å². The maximum absolute atomic E-state index is 5.66. The molecule has 0 aliphatic rings. The van der Waals surface area contributed by atoms with Crippen molar-refractivity contribution in [2.45, 2.75) is 6.42 Å². The summed E-state index contributed by atoms with van der Waals surface area (Å²) in [5.41, 5.74) is 7.66. The first kappa shape index (κ1) is 13.5. The normalized spacial score (nSPS) is 10.7. The third kappa shape index (κ3) is 2.85. The Kier molecular flexibility index (Phi) is 3.79. The smallest absolute Gasteiger partial charge is 0.159 e. The lowest BCUT2D eigenvalue weighted by atomic mass is 10.2. The summed E-state index contributed by atoms with van der Waals surface area (Å²) < 4.78 is 1.80. The van der Waals surface area contributed by atoms with Crippen LogP contribution in [0.25, 0.3) is 5.52 Å². The Morgan fingerprint density at radius 2 is 2.00 bits per heavy atom. The summed E-state index contributed by atoms with van der Waals surface area (Å²) in [7, 11) is 0. The lowest BCUT2D eigenvalue weighted by Gasteiger charge is -2.24. The number of nitrogens with two attached hydrogens (primary N) is 1. The first-order valence-corrected chi connectivity index (χ1v) is 7.06. The highest BCUT2D eigenvalue weighted by atomic mass is 32.1. The summed E-state index contributed by atoms with van der Waals surface area (Å²) >= 11 is 5.01. The molecule has 106 valence electrons. The largest absolute Gasteiger partial charge is 0.393 e. The Labute approximate surface area is 128 Å². The molecule has 6 heteroatoms. The highest BCUT2D eigenvalue weighted by Gasteiger charge is 2.14. The number of hydrogen-bond acceptors (Lipinski definition) is 4. The number of fused-ring (bicyclic) bond motifs is 1. The number of nitrogens with zero attached hydrogens (tertiary/aromatic N) is 4.